The van der Waals surface area contributed by atoms with Crippen LogP contribution in [0.15, 0.2) is 36.7 Å². The van der Waals surface area contributed by atoms with Crippen LogP contribution in [0.1, 0.15) is 31.4 Å². The second kappa shape index (κ2) is 8.66. The lowest BCUT2D eigenvalue weighted by molar-refractivity contribution is 0.0389. The molecule has 0 radical (unpaired) electrons. The molecule has 0 spiro atoms. The summed E-state index contributed by atoms with van der Waals surface area (Å²) in [7, 11) is 1.82. The normalized spacial score (nSPS) is 17.5. The number of aromatic nitrogens is 2. The van der Waals surface area contributed by atoms with Crippen molar-refractivity contribution in [1.29, 1.82) is 0 Å². The largest absolute Gasteiger partial charge is 0.383 e. The van der Waals surface area contributed by atoms with Gasteiger partial charge in [0, 0.05) is 38.4 Å². The summed E-state index contributed by atoms with van der Waals surface area (Å²) in [5, 5.41) is 10.8. The van der Waals surface area contributed by atoms with Crippen molar-refractivity contribution in [3.05, 3.63) is 47.4 Å². The highest BCUT2D eigenvalue weighted by molar-refractivity contribution is 6.32. The zero-order valence-corrected chi connectivity index (χ0v) is 16.0. The summed E-state index contributed by atoms with van der Waals surface area (Å²) < 4.78 is 5.60. The Morgan fingerprint density at radius 3 is 2.62 bits per heavy atom. The molecule has 3 N–H and O–H groups in total. The van der Waals surface area contributed by atoms with Crippen molar-refractivity contribution >= 4 is 23.1 Å². The summed E-state index contributed by atoms with van der Waals surface area (Å²) in [6, 6.07) is 10.7. The molecule has 1 atom stereocenters. The van der Waals surface area contributed by atoms with E-state index in [1.54, 1.807) is 0 Å². The van der Waals surface area contributed by atoms with Gasteiger partial charge in [-0.25, -0.2) is 9.97 Å². The smallest absolute Gasteiger partial charge is 0.157 e. The van der Waals surface area contributed by atoms with Crippen LogP contribution in [0.2, 0.25) is 5.15 Å². The van der Waals surface area contributed by atoms with E-state index in [0.717, 1.165) is 32.6 Å². The van der Waals surface area contributed by atoms with Gasteiger partial charge in [-0.15, -0.1) is 0 Å². The Balaban J connectivity index is 1.75. The number of hydrogen-bond donors (Lipinski definition) is 3. The van der Waals surface area contributed by atoms with Crippen molar-refractivity contribution in [3.8, 4) is 0 Å². The SMILES string of the molecule is CNc1c(Cl)ncnc1NCC1(NC(C)c2ccccc2)CCOCC1. The predicted octanol–water partition coefficient (Wildman–Crippen LogP) is 3.48. The first-order valence-corrected chi connectivity index (χ1v) is 9.34. The molecule has 1 unspecified atom stereocenters. The van der Waals surface area contributed by atoms with Crippen molar-refractivity contribution in [2.75, 3.05) is 37.4 Å². The van der Waals surface area contributed by atoms with Crippen LogP contribution >= 0.6 is 11.6 Å². The maximum Gasteiger partial charge on any atom is 0.157 e. The molecular formula is C19H26ClN5O. The fraction of sp³-hybridized carbons (Fsp3) is 0.474. The van der Waals surface area contributed by atoms with E-state index in [0.29, 0.717) is 16.7 Å². The van der Waals surface area contributed by atoms with Gasteiger partial charge in [-0.05, 0) is 25.3 Å². The molecule has 1 fully saturated rings. The third-order valence-electron chi connectivity index (χ3n) is 4.92. The summed E-state index contributed by atoms with van der Waals surface area (Å²) in [5.41, 5.74) is 1.92. The van der Waals surface area contributed by atoms with Crippen LogP contribution in [-0.4, -0.2) is 42.3 Å². The summed E-state index contributed by atoms with van der Waals surface area (Å²) in [6.45, 7) is 4.43. The lowest BCUT2D eigenvalue weighted by atomic mass is 9.88. The average molecular weight is 376 g/mol. The Morgan fingerprint density at radius 1 is 1.19 bits per heavy atom. The van der Waals surface area contributed by atoms with Crippen molar-refractivity contribution in [2.24, 2.45) is 0 Å². The first-order valence-electron chi connectivity index (χ1n) is 8.96. The molecule has 26 heavy (non-hydrogen) atoms. The van der Waals surface area contributed by atoms with Gasteiger partial charge in [0.05, 0.1) is 0 Å². The third-order valence-corrected chi connectivity index (χ3v) is 5.20. The number of hydrogen-bond acceptors (Lipinski definition) is 6. The number of rotatable bonds is 7. The predicted molar refractivity (Wildman–Crippen MR) is 106 cm³/mol. The van der Waals surface area contributed by atoms with Crippen LogP contribution in [0.5, 0.6) is 0 Å². The van der Waals surface area contributed by atoms with Gasteiger partial charge in [0.1, 0.15) is 12.0 Å². The lowest BCUT2D eigenvalue weighted by Gasteiger charge is -2.41. The van der Waals surface area contributed by atoms with Crippen molar-refractivity contribution in [2.45, 2.75) is 31.3 Å². The third kappa shape index (κ3) is 4.44. The Labute approximate surface area is 159 Å². The van der Waals surface area contributed by atoms with E-state index in [2.05, 4.69) is 57.1 Å². The molecule has 1 aromatic carbocycles. The molecule has 1 aliphatic heterocycles. The Hall–Kier alpha value is -1.89. The Bertz CT molecular complexity index is 706. The molecule has 1 aliphatic rings. The summed E-state index contributed by atoms with van der Waals surface area (Å²) in [5.74, 6) is 0.715. The molecule has 1 aromatic heterocycles. The fourth-order valence-electron chi connectivity index (χ4n) is 3.39. The molecule has 0 amide bonds. The molecule has 3 rings (SSSR count). The lowest BCUT2D eigenvalue weighted by Crippen LogP contribution is -2.54. The van der Waals surface area contributed by atoms with Crippen LogP contribution in [0, 0.1) is 0 Å². The van der Waals surface area contributed by atoms with Gasteiger partial charge in [0.25, 0.3) is 0 Å². The first-order chi connectivity index (χ1) is 12.6. The van der Waals surface area contributed by atoms with Gasteiger partial charge in [-0.1, -0.05) is 41.9 Å². The van der Waals surface area contributed by atoms with E-state index in [4.69, 9.17) is 16.3 Å². The van der Waals surface area contributed by atoms with Crippen molar-refractivity contribution in [3.63, 3.8) is 0 Å². The molecular weight excluding hydrogens is 350 g/mol. The van der Waals surface area contributed by atoms with Crippen molar-refractivity contribution in [1.82, 2.24) is 15.3 Å². The van der Waals surface area contributed by atoms with Crippen LogP contribution in [-0.2, 0) is 4.74 Å². The zero-order valence-electron chi connectivity index (χ0n) is 15.3. The Kier molecular flexibility index (Phi) is 6.29. The molecule has 2 heterocycles. The summed E-state index contributed by atoms with van der Waals surface area (Å²) in [6.07, 6.45) is 3.35. The summed E-state index contributed by atoms with van der Waals surface area (Å²) in [4.78, 5) is 8.36. The number of nitrogens with zero attached hydrogens (tertiary/aromatic N) is 2. The quantitative estimate of drug-likeness (QED) is 0.643. The number of nitrogens with one attached hydrogen (secondary N) is 3. The average Bonchev–Trinajstić information content (AvgIpc) is 2.68. The molecule has 6 nitrogen and oxygen atoms in total. The number of anilines is 2. The molecule has 0 saturated carbocycles. The van der Waals surface area contributed by atoms with Crippen LogP contribution < -0.4 is 16.0 Å². The first kappa shape index (κ1) is 18.9. The van der Waals surface area contributed by atoms with Crippen LogP contribution in [0.4, 0.5) is 11.5 Å². The number of ether oxygens (including phenoxy) is 1. The maximum absolute atomic E-state index is 6.16. The maximum atomic E-state index is 6.16. The fourth-order valence-corrected chi connectivity index (χ4v) is 3.62. The van der Waals surface area contributed by atoms with Gasteiger partial charge in [0.15, 0.2) is 11.0 Å². The topological polar surface area (TPSA) is 71.1 Å². The second-order valence-corrected chi connectivity index (χ2v) is 7.02. The minimum atomic E-state index is -0.0735. The second-order valence-electron chi connectivity index (χ2n) is 6.66. The van der Waals surface area contributed by atoms with E-state index in [9.17, 15) is 0 Å². The molecule has 0 aliphatic carbocycles. The van der Waals surface area contributed by atoms with E-state index >= 15 is 0 Å². The summed E-state index contributed by atoms with van der Waals surface area (Å²) >= 11 is 6.16. The molecule has 7 heteroatoms. The van der Waals surface area contributed by atoms with Gasteiger partial charge in [-0.2, -0.15) is 0 Å². The van der Waals surface area contributed by atoms with Crippen LogP contribution in [0.3, 0.4) is 0 Å². The highest BCUT2D eigenvalue weighted by Crippen LogP contribution is 2.29. The van der Waals surface area contributed by atoms with Gasteiger partial charge in [-0.3, -0.25) is 0 Å². The van der Waals surface area contributed by atoms with E-state index < -0.39 is 0 Å². The molecule has 2 aromatic rings. The monoisotopic (exact) mass is 375 g/mol. The minimum absolute atomic E-state index is 0.0735. The Morgan fingerprint density at radius 2 is 1.92 bits per heavy atom. The molecule has 1 saturated heterocycles. The van der Waals surface area contributed by atoms with Gasteiger partial charge < -0.3 is 20.7 Å². The number of benzene rings is 1. The highest BCUT2D eigenvalue weighted by Gasteiger charge is 2.34. The number of halogens is 1. The molecule has 0 bridgehead atoms. The van der Waals surface area contributed by atoms with Crippen LogP contribution in [0.25, 0.3) is 0 Å². The van der Waals surface area contributed by atoms with E-state index in [1.807, 2.05) is 13.1 Å². The van der Waals surface area contributed by atoms with E-state index in [1.165, 1.54) is 11.9 Å². The molecule has 140 valence electrons. The van der Waals surface area contributed by atoms with E-state index in [-0.39, 0.29) is 11.6 Å². The minimum Gasteiger partial charge on any atom is -0.383 e. The highest BCUT2D eigenvalue weighted by atomic mass is 35.5. The zero-order chi connectivity index (χ0) is 18.4. The standard InChI is InChI=1S/C19H26ClN5O/c1-14(15-6-4-3-5-7-15)25-19(8-10-26-11-9-19)12-22-18-16(21-2)17(20)23-13-24-18/h3-7,13-14,21,25H,8-12H2,1-2H3,(H,22,23,24). The van der Waals surface area contributed by atoms with Gasteiger partial charge in [0.2, 0.25) is 0 Å². The van der Waals surface area contributed by atoms with Gasteiger partial charge >= 0.3 is 0 Å². The van der Waals surface area contributed by atoms with Crippen molar-refractivity contribution < 1.29 is 4.74 Å².